The Labute approximate surface area is 213 Å². The van der Waals surface area contributed by atoms with Crippen LogP contribution in [0.3, 0.4) is 0 Å². The van der Waals surface area contributed by atoms with Gasteiger partial charge in [-0.15, -0.1) is 0 Å². The molecule has 3 aliphatic heterocycles. The van der Waals surface area contributed by atoms with E-state index in [1.54, 1.807) is 36.4 Å². The van der Waals surface area contributed by atoms with Gasteiger partial charge in [-0.3, -0.25) is 14.4 Å². The Bertz CT molecular complexity index is 1590. The molecule has 4 heterocycles. The van der Waals surface area contributed by atoms with Crippen molar-refractivity contribution in [3.05, 3.63) is 131 Å². The van der Waals surface area contributed by atoms with Crippen molar-refractivity contribution in [1.82, 2.24) is 4.90 Å². The van der Waals surface area contributed by atoms with Gasteiger partial charge in [-0.1, -0.05) is 72.8 Å². The van der Waals surface area contributed by atoms with Crippen LogP contribution < -0.4 is 5.32 Å². The Morgan fingerprint density at radius 1 is 0.838 bits per heavy atom. The lowest BCUT2D eigenvalue weighted by Gasteiger charge is -2.38. The van der Waals surface area contributed by atoms with Crippen molar-refractivity contribution in [2.75, 3.05) is 5.32 Å². The van der Waals surface area contributed by atoms with Crippen molar-refractivity contribution in [3.8, 4) is 0 Å². The van der Waals surface area contributed by atoms with Crippen LogP contribution in [0.5, 0.6) is 0 Å². The summed E-state index contributed by atoms with van der Waals surface area (Å²) in [7, 11) is 0. The molecule has 6 nitrogen and oxygen atoms in total. The molecular formula is C31H22N2O4. The highest BCUT2D eigenvalue weighted by molar-refractivity contribution is 6.16. The SMILES string of the molecule is O=C(c1ccco1)C1C(C(=O)c2ccccc2)C2(C(=O)Nc3ccccc32)C2c3ccccc3C=CN12. The van der Waals surface area contributed by atoms with Gasteiger partial charge in [0.2, 0.25) is 11.7 Å². The molecule has 0 bridgehead atoms. The first-order valence-corrected chi connectivity index (χ1v) is 12.2. The monoisotopic (exact) mass is 486 g/mol. The molecule has 0 aliphatic carbocycles. The molecule has 4 atom stereocenters. The largest absolute Gasteiger partial charge is 0.461 e. The number of hydrogen-bond acceptors (Lipinski definition) is 5. The van der Waals surface area contributed by atoms with Crippen LogP contribution in [0.15, 0.2) is 108 Å². The van der Waals surface area contributed by atoms with Gasteiger partial charge in [0.15, 0.2) is 11.5 Å². The third-order valence-electron chi connectivity index (χ3n) is 7.94. The number of hydrogen-bond donors (Lipinski definition) is 1. The maximum atomic E-state index is 14.5. The zero-order valence-electron chi connectivity index (χ0n) is 19.7. The summed E-state index contributed by atoms with van der Waals surface area (Å²) >= 11 is 0. The predicted molar refractivity (Wildman–Crippen MR) is 138 cm³/mol. The molecule has 7 rings (SSSR count). The van der Waals surface area contributed by atoms with E-state index in [1.165, 1.54) is 6.26 Å². The number of para-hydroxylation sites is 1. The lowest BCUT2D eigenvalue weighted by atomic mass is 9.62. The molecule has 37 heavy (non-hydrogen) atoms. The second kappa shape index (κ2) is 7.90. The van der Waals surface area contributed by atoms with E-state index in [0.717, 1.165) is 16.7 Å². The molecule has 1 spiro atoms. The fourth-order valence-electron chi connectivity index (χ4n) is 6.51. The standard InChI is InChI=1S/C31H22N2O4/c34-27(20-10-2-1-3-11-20)25-26(28(35)24-15-8-18-37-24)33-17-16-19-9-4-5-12-21(19)29(33)31(25)22-13-6-7-14-23(22)32-30(31)36/h1-18,25-26,29H,(H,32,36). The Morgan fingerprint density at radius 3 is 2.41 bits per heavy atom. The summed E-state index contributed by atoms with van der Waals surface area (Å²) in [5.41, 5.74) is 2.37. The molecule has 1 N–H and O–H groups in total. The zero-order chi connectivity index (χ0) is 25.1. The van der Waals surface area contributed by atoms with E-state index >= 15 is 0 Å². The van der Waals surface area contributed by atoms with Gasteiger partial charge in [-0.05, 0) is 41.0 Å². The van der Waals surface area contributed by atoms with E-state index in [0.29, 0.717) is 11.3 Å². The van der Waals surface area contributed by atoms with Gasteiger partial charge in [-0.2, -0.15) is 0 Å². The first kappa shape index (κ1) is 21.6. The molecule has 6 heteroatoms. The van der Waals surface area contributed by atoms with Crippen LogP contribution in [0.2, 0.25) is 0 Å². The van der Waals surface area contributed by atoms with Crippen molar-refractivity contribution in [2.24, 2.45) is 5.92 Å². The second-order valence-corrected chi connectivity index (χ2v) is 9.66. The van der Waals surface area contributed by atoms with Gasteiger partial charge in [0.1, 0.15) is 11.5 Å². The lowest BCUT2D eigenvalue weighted by Crippen LogP contribution is -2.49. The first-order valence-electron chi connectivity index (χ1n) is 12.2. The number of rotatable bonds is 4. The Hall–Kier alpha value is -4.71. The van der Waals surface area contributed by atoms with Crippen LogP contribution in [0.1, 0.15) is 43.6 Å². The summed E-state index contributed by atoms with van der Waals surface area (Å²) in [6.45, 7) is 0. The lowest BCUT2D eigenvalue weighted by molar-refractivity contribution is -0.122. The van der Waals surface area contributed by atoms with Gasteiger partial charge in [-0.25, -0.2) is 0 Å². The topological polar surface area (TPSA) is 79.6 Å². The number of amides is 1. The van der Waals surface area contributed by atoms with Crippen molar-refractivity contribution in [3.63, 3.8) is 0 Å². The first-order chi connectivity index (χ1) is 18.1. The number of ketones is 2. The van der Waals surface area contributed by atoms with Gasteiger partial charge in [0.05, 0.1) is 18.2 Å². The molecule has 3 aromatic carbocycles. The number of nitrogens with one attached hydrogen (secondary N) is 1. The molecule has 4 unspecified atom stereocenters. The molecule has 4 aromatic rings. The fourth-order valence-corrected chi connectivity index (χ4v) is 6.51. The van der Waals surface area contributed by atoms with Crippen LogP contribution in [0, 0.1) is 5.92 Å². The van der Waals surface area contributed by atoms with Crippen LogP contribution in [-0.4, -0.2) is 28.4 Å². The summed E-state index contributed by atoms with van der Waals surface area (Å²) in [6.07, 6.45) is 5.24. The van der Waals surface area contributed by atoms with Crippen molar-refractivity contribution in [2.45, 2.75) is 17.5 Å². The predicted octanol–water partition coefficient (Wildman–Crippen LogP) is 5.26. The van der Waals surface area contributed by atoms with Crippen LogP contribution in [-0.2, 0) is 10.2 Å². The number of Topliss-reactive ketones (excluding diaryl/α,β-unsaturated/α-hetero) is 2. The molecule has 0 radical (unpaired) electrons. The van der Waals surface area contributed by atoms with Crippen LogP contribution in [0.25, 0.3) is 6.08 Å². The molecule has 1 fully saturated rings. The molecule has 180 valence electrons. The van der Waals surface area contributed by atoms with E-state index in [2.05, 4.69) is 5.32 Å². The maximum Gasteiger partial charge on any atom is 0.238 e. The third kappa shape index (κ3) is 2.84. The normalized spacial score (nSPS) is 24.9. The van der Waals surface area contributed by atoms with Gasteiger partial charge in [0.25, 0.3) is 0 Å². The Morgan fingerprint density at radius 2 is 1.59 bits per heavy atom. The highest BCUT2D eigenvalue weighted by Gasteiger charge is 2.70. The number of fused-ring (bicyclic) bond motifs is 6. The van der Waals surface area contributed by atoms with Crippen molar-refractivity contribution < 1.29 is 18.8 Å². The summed E-state index contributed by atoms with van der Waals surface area (Å²) in [5.74, 6) is -1.71. The highest BCUT2D eigenvalue weighted by atomic mass is 16.3. The van der Waals surface area contributed by atoms with E-state index in [-0.39, 0.29) is 23.2 Å². The fraction of sp³-hybridized carbons (Fsp3) is 0.129. The molecular weight excluding hydrogens is 464 g/mol. The molecule has 0 saturated carbocycles. The number of benzene rings is 3. The summed E-state index contributed by atoms with van der Waals surface area (Å²) in [4.78, 5) is 44.8. The molecule has 1 amide bonds. The number of nitrogens with zero attached hydrogens (tertiary/aromatic N) is 1. The van der Waals surface area contributed by atoms with Crippen LogP contribution in [0.4, 0.5) is 5.69 Å². The van der Waals surface area contributed by atoms with E-state index in [4.69, 9.17) is 4.42 Å². The van der Waals surface area contributed by atoms with Gasteiger partial charge >= 0.3 is 0 Å². The molecule has 1 aromatic heterocycles. The Balaban J connectivity index is 1.56. The third-order valence-corrected chi connectivity index (χ3v) is 7.94. The van der Waals surface area contributed by atoms with E-state index in [9.17, 15) is 14.4 Å². The minimum atomic E-state index is -1.34. The van der Waals surface area contributed by atoms with Crippen molar-refractivity contribution in [1.29, 1.82) is 0 Å². The average Bonchev–Trinajstić information content (AvgIpc) is 3.65. The Kier molecular flexibility index (Phi) is 4.60. The zero-order valence-corrected chi connectivity index (χ0v) is 19.7. The molecule has 1 saturated heterocycles. The van der Waals surface area contributed by atoms with E-state index in [1.807, 2.05) is 71.8 Å². The smallest absolute Gasteiger partial charge is 0.238 e. The number of carbonyl (C=O) groups is 3. The summed E-state index contributed by atoms with van der Waals surface area (Å²) < 4.78 is 5.53. The highest BCUT2D eigenvalue weighted by Crippen LogP contribution is 2.62. The number of furan rings is 1. The second-order valence-electron chi connectivity index (χ2n) is 9.66. The van der Waals surface area contributed by atoms with Gasteiger partial charge < -0.3 is 14.6 Å². The molecule has 3 aliphatic rings. The number of anilines is 1. The van der Waals surface area contributed by atoms with Crippen molar-refractivity contribution >= 4 is 29.2 Å². The average molecular weight is 487 g/mol. The summed E-state index contributed by atoms with van der Waals surface area (Å²) in [5, 5.41) is 3.05. The maximum absolute atomic E-state index is 14.5. The minimum Gasteiger partial charge on any atom is -0.461 e. The van der Waals surface area contributed by atoms with E-state index < -0.39 is 23.4 Å². The number of carbonyl (C=O) groups excluding carboxylic acids is 3. The minimum absolute atomic E-state index is 0.158. The summed E-state index contributed by atoms with van der Waals surface area (Å²) in [6, 6.07) is 26.0. The van der Waals surface area contributed by atoms with Gasteiger partial charge in [0, 0.05) is 17.5 Å². The van der Waals surface area contributed by atoms with Crippen LogP contribution >= 0.6 is 0 Å². The quantitative estimate of drug-likeness (QED) is 0.398.